The van der Waals surface area contributed by atoms with Crippen molar-refractivity contribution in [2.45, 2.75) is 32.0 Å². The van der Waals surface area contributed by atoms with Gasteiger partial charge in [0.2, 0.25) is 5.88 Å². The van der Waals surface area contributed by atoms with E-state index in [0.717, 1.165) is 22.0 Å². The van der Waals surface area contributed by atoms with Crippen molar-refractivity contribution >= 4 is 11.8 Å². The highest BCUT2D eigenvalue weighted by Gasteiger charge is 2.22. The van der Waals surface area contributed by atoms with Crippen LogP contribution in [0.1, 0.15) is 22.3 Å². The molecule has 0 fully saturated rings. The third-order valence-corrected chi connectivity index (χ3v) is 5.61. The molecule has 0 unspecified atom stereocenters. The molecule has 0 saturated heterocycles. The molecule has 4 nitrogen and oxygen atoms in total. The van der Waals surface area contributed by atoms with Gasteiger partial charge in [0.05, 0.1) is 5.56 Å². The van der Waals surface area contributed by atoms with Crippen LogP contribution in [-0.4, -0.2) is 15.3 Å². The fourth-order valence-electron chi connectivity index (χ4n) is 3.02. The first-order valence-corrected chi connectivity index (χ1v) is 9.66. The van der Waals surface area contributed by atoms with Gasteiger partial charge in [-0.15, -0.1) is 0 Å². The summed E-state index contributed by atoms with van der Waals surface area (Å²) in [4.78, 5) is 17.7. The number of benzene rings is 2. The lowest BCUT2D eigenvalue weighted by molar-refractivity contribution is 0.439. The van der Waals surface area contributed by atoms with Gasteiger partial charge < -0.3 is 4.74 Å². The van der Waals surface area contributed by atoms with Crippen LogP contribution in [0.5, 0.6) is 11.6 Å². The highest BCUT2D eigenvalue weighted by atomic mass is 32.2. The Morgan fingerprint density at radius 2 is 1.92 bits per heavy atom. The van der Waals surface area contributed by atoms with Gasteiger partial charge in [0.25, 0.3) is 5.56 Å². The number of thioether (sulfide) groups is 1. The van der Waals surface area contributed by atoms with Gasteiger partial charge in [0, 0.05) is 18.7 Å². The van der Waals surface area contributed by atoms with Gasteiger partial charge in [-0.3, -0.25) is 9.36 Å². The van der Waals surface area contributed by atoms with Crippen molar-refractivity contribution in [3.05, 3.63) is 81.1 Å². The van der Waals surface area contributed by atoms with E-state index in [-0.39, 0.29) is 5.56 Å². The normalized spacial score (nSPS) is 12.8. The maximum atomic E-state index is 13.0. The molecule has 0 aliphatic carbocycles. The van der Waals surface area contributed by atoms with Crippen LogP contribution >= 0.6 is 11.8 Å². The van der Waals surface area contributed by atoms with Crippen molar-refractivity contribution in [1.29, 1.82) is 0 Å². The maximum Gasteiger partial charge on any atom is 0.261 e. The van der Waals surface area contributed by atoms with Gasteiger partial charge in [0.15, 0.2) is 5.16 Å². The number of aryl methyl sites for hydroxylation is 2. The highest BCUT2D eigenvalue weighted by Crippen LogP contribution is 2.30. The van der Waals surface area contributed by atoms with Crippen LogP contribution in [0.15, 0.2) is 58.5 Å². The molecule has 132 valence electrons. The summed E-state index contributed by atoms with van der Waals surface area (Å²) in [6.45, 7) is 4.82. The SMILES string of the molecule is Cc1ccc(Oc2nc3n(c(=O)c2Cc2ccccc2)CCS3)cc1C. The van der Waals surface area contributed by atoms with Crippen molar-refractivity contribution in [2.75, 3.05) is 5.75 Å². The minimum atomic E-state index is 0.00249. The third kappa shape index (κ3) is 3.27. The van der Waals surface area contributed by atoms with E-state index in [2.05, 4.69) is 11.9 Å². The molecule has 26 heavy (non-hydrogen) atoms. The standard InChI is InChI=1S/C21H20N2O2S/c1-14-8-9-17(12-15(14)2)25-19-18(13-16-6-4-3-5-7-16)20(24)23-10-11-26-21(23)22-19/h3-9,12H,10-11,13H2,1-2H3. The number of rotatable bonds is 4. The molecule has 0 radical (unpaired) electrons. The van der Waals surface area contributed by atoms with E-state index in [1.165, 1.54) is 5.56 Å². The molecule has 3 aromatic rings. The van der Waals surface area contributed by atoms with Gasteiger partial charge in [-0.2, -0.15) is 4.98 Å². The second-order valence-corrected chi connectivity index (χ2v) is 7.56. The summed E-state index contributed by atoms with van der Waals surface area (Å²) in [6, 6.07) is 15.9. The lowest BCUT2D eigenvalue weighted by Gasteiger charge is -2.13. The Morgan fingerprint density at radius 3 is 2.69 bits per heavy atom. The van der Waals surface area contributed by atoms with Gasteiger partial charge in [0.1, 0.15) is 5.75 Å². The van der Waals surface area contributed by atoms with Crippen LogP contribution in [0.3, 0.4) is 0 Å². The smallest absolute Gasteiger partial charge is 0.261 e. The molecule has 1 aromatic heterocycles. The third-order valence-electron chi connectivity index (χ3n) is 4.65. The highest BCUT2D eigenvalue weighted by molar-refractivity contribution is 7.99. The molecule has 0 amide bonds. The maximum absolute atomic E-state index is 13.0. The van der Waals surface area contributed by atoms with E-state index >= 15 is 0 Å². The summed E-state index contributed by atoms with van der Waals surface area (Å²) >= 11 is 1.60. The Morgan fingerprint density at radius 1 is 1.12 bits per heavy atom. The number of hydrogen-bond donors (Lipinski definition) is 0. The van der Waals surface area contributed by atoms with Crippen molar-refractivity contribution in [3.63, 3.8) is 0 Å². The van der Waals surface area contributed by atoms with Gasteiger partial charge in [-0.05, 0) is 42.7 Å². The predicted molar refractivity (Wildman–Crippen MR) is 104 cm³/mol. The van der Waals surface area contributed by atoms with E-state index < -0.39 is 0 Å². The number of aromatic nitrogens is 2. The second-order valence-electron chi connectivity index (χ2n) is 6.49. The van der Waals surface area contributed by atoms with Crippen LogP contribution in [0, 0.1) is 13.8 Å². The molecule has 4 rings (SSSR count). The summed E-state index contributed by atoms with van der Waals surface area (Å²) in [7, 11) is 0. The first kappa shape index (κ1) is 16.9. The van der Waals surface area contributed by atoms with Gasteiger partial charge in [-0.1, -0.05) is 48.2 Å². The summed E-state index contributed by atoms with van der Waals surface area (Å²) in [5, 5.41) is 0.741. The molecule has 5 heteroatoms. The molecule has 1 aliphatic heterocycles. The number of nitrogens with zero attached hydrogens (tertiary/aromatic N) is 2. The first-order valence-electron chi connectivity index (χ1n) is 8.67. The summed E-state index contributed by atoms with van der Waals surface area (Å²) in [6.07, 6.45) is 0.512. The Bertz CT molecular complexity index is 1010. The molecule has 0 saturated carbocycles. The molecule has 2 heterocycles. The number of fused-ring (bicyclic) bond motifs is 1. The lowest BCUT2D eigenvalue weighted by atomic mass is 10.1. The molecule has 0 spiro atoms. The van der Waals surface area contributed by atoms with Gasteiger partial charge in [-0.25, -0.2) is 0 Å². The van der Waals surface area contributed by atoms with Crippen molar-refractivity contribution < 1.29 is 4.74 Å². The van der Waals surface area contributed by atoms with E-state index in [4.69, 9.17) is 4.74 Å². The zero-order valence-corrected chi connectivity index (χ0v) is 15.7. The number of ether oxygens (including phenoxy) is 1. The van der Waals surface area contributed by atoms with E-state index in [9.17, 15) is 4.79 Å². The zero-order chi connectivity index (χ0) is 18.1. The number of hydrogen-bond acceptors (Lipinski definition) is 4. The van der Waals surface area contributed by atoms with E-state index in [1.54, 1.807) is 16.3 Å². The second kappa shape index (κ2) is 7.00. The van der Waals surface area contributed by atoms with E-state index in [0.29, 0.717) is 30.2 Å². The fourth-order valence-corrected chi connectivity index (χ4v) is 3.95. The molecule has 0 atom stereocenters. The van der Waals surface area contributed by atoms with Crippen LogP contribution in [0.4, 0.5) is 0 Å². The topological polar surface area (TPSA) is 44.1 Å². The average Bonchev–Trinajstić information content (AvgIpc) is 3.11. The van der Waals surface area contributed by atoms with Crippen molar-refractivity contribution in [3.8, 4) is 11.6 Å². The molecule has 0 N–H and O–H groups in total. The fraction of sp³-hybridized carbons (Fsp3) is 0.238. The van der Waals surface area contributed by atoms with Crippen LogP contribution < -0.4 is 10.3 Å². The lowest BCUT2D eigenvalue weighted by Crippen LogP contribution is -2.25. The summed E-state index contributed by atoms with van der Waals surface area (Å²) < 4.78 is 7.85. The summed E-state index contributed by atoms with van der Waals surface area (Å²) in [5.74, 6) is 2.00. The molecule has 2 aromatic carbocycles. The Labute approximate surface area is 156 Å². The Hall–Kier alpha value is -2.53. The monoisotopic (exact) mass is 364 g/mol. The van der Waals surface area contributed by atoms with Crippen LogP contribution in [-0.2, 0) is 13.0 Å². The molecular weight excluding hydrogens is 344 g/mol. The molecule has 0 bridgehead atoms. The minimum absolute atomic E-state index is 0.00249. The van der Waals surface area contributed by atoms with E-state index in [1.807, 2.05) is 55.5 Å². The van der Waals surface area contributed by atoms with Crippen LogP contribution in [0.2, 0.25) is 0 Å². The van der Waals surface area contributed by atoms with Crippen molar-refractivity contribution in [1.82, 2.24) is 9.55 Å². The zero-order valence-electron chi connectivity index (χ0n) is 14.9. The average molecular weight is 364 g/mol. The quantitative estimate of drug-likeness (QED) is 0.646. The minimum Gasteiger partial charge on any atom is -0.438 e. The first-order chi connectivity index (χ1) is 12.6. The summed E-state index contributed by atoms with van der Waals surface area (Å²) in [5.41, 5.74) is 4.05. The predicted octanol–water partition coefficient (Wildman–Crippen LogP) is 4.35. The largest absolute Gasteiger partial charge is 0.438 e. The molecular formula is C21H20N2O2S. The van der Waals surface area contributed by atoms with Crippen LogP contribution in [0.25, 0.3) is 0 Å². The Balaban J connectivity index is 1.78. The Kier molecular flexibility index (Phi) is 4.55. The molecule has 1 aliphatic rings. The van der Waals surface area contributed by atoms with Crippen molar-refractivity contribution in [2.24, 2.45) is 0 Å². The van der Waals surface area contributed by atoms with Gasteiger partial charge >= 0.3 is 0 Å².